The van der Waals surface area contributed by atoms with Crippen LogP contribution >= 0.6 is 11.6 Å². The predicted octanol–water partition coefficient (Wildman–Crippen LogP) is 2.09. The first-order chi connectivity index (χ1) is 12.5. The molecule has 6 nitrogen and oxygen atoms in total. The molecule has 2 saturated heterocycles. The van der Waals surface area contributed by atoms with Gasteiger partial charge in [0.15, 0.2) is 0 Å². The second-order valence-corrected chi connectivity index (χ2v) is 7.39. The van der Waals surface area contributed by atoms with Gasteiger partial charge >= 0.3 is 0 Å². The lowest BCUT2D eigenvalue weighted by atomic mass is 9.89. The van der Waals surface area contributed by atoms with Crippen LogP contribution in [0.2, 0.25) is 0 Å². The van der Waals surface area contributed by atoms with Crippen molar-refractivity contribution in [3.05, 3.63) is 29.8 Å². The summed E-state index contributed by atoms with van der Waals surface area (Å²) < 4.78 is 0. The molecule has 0 aromatic heterocycles. The largest absolute Gasteiger partial charge is 0.373 e. The number of halogens is 1. The van der Waals surface area contributed by atoms with E-state index < -0.39 is 6.04 Å². The van der Waals surface area contributed by atoms with E-state index in [0.717, 1.165) is 31.6 Å². The van der Waals surface area contributed by atoms with Crippen molar-refractivity contribution in [2.45, 2.75) is 38.1 Å². The van der Waals surface area contributed by atoms with Crippen LogP contribution in [0.4, 0.5) is 5.69 Å². The van der Waals surface area contributed by atoms with Crippen LogP contribution in [0, 0.1) is 5.92 Å². The first-order valence-electron chi connectivity index (χ1n) is 9.02. The minimum absolute atomic E-state index is 0.00280. The minimum Gasteiger partial charge on any atom is -0.373 e. The lowest BCUT2D eigenvalue weighted by molar-refractivity contribution is -0.135. The standard InChI is InChI=1S/C19H24ClN3O3/c1-12-10-16(24)22-19(26)18(12)21-15-4-2-13(3-5-15)14-6-8-23(9-7-14)17(25)11-20/h2-5,12,14,18,21H,6-11H2,1H3,(H,22,24,26). The Morgan fingerprint density at radius 3 is 2.46 bits per heavy atom. The normalized spacial score (nSPS) is 24.3. The summed E-state index contributed by atoms with van der Waals surface area (Å²) in [6.07, 6.45) is 2.21. The van der Waals surface area contributed by atoms with Gasteiger partial charge in [-0.3, -0.25) is 19.7 Å². The third-order valence-electron chi connectivity index (χ3n) is 5.29. The molecule has 1 aromatic carbocycles. The molecule has 2 aliphatic rings. The molecule has 2 unspecified atom stereocenters. The number of anilines is 1. The van der Waals surface area contributed by atoms with Crippen LogP contribution < -0.4 is 10.6 Å². The van der Waals surface area contributed by atoms with Gasteiger partial charge in [0.05, 0.1) is 0 Å². The molecular weight excluding hydrogens is 354 g/mol. The zero-order chi connectivity index (χ0) is 18.7. The van der Waals surface area contributed by atoms with Gasteiger partial charge in [-0.05, 0) is 42.4 Å². The van der Waals surface area contributed by atoms with E-state index in [1.807, 2.05) is 24.0 Å². The van der Waals surface area contributed by atoms with Crippen LogP contribution in [-0.2, 0) is 14.4 Å². The number of nitrogens with zero attached hydrogens (tertiary/aromatic N) is 1. The molecule has 3 rings (SSSR count). The summed E-state index contributed by atoms with van der Waals surface area (Å²) >= 11 is 5.62. The van der Waals surface area contributed by atoms with E-state index in [4.69, 9.17) is 11.6 Å². The highest BCUT2D eigenvalue weighted by Gasteiger charge is 2.33. The van der Waals surface area contributed by atoms with Gasteiger partial charge in [0, 0.05) is 25.2 Å². The van der Waals surface area contributed by atoms with Gasteiger partial charge in [0.1, 0.15) is 11.9 Å². The van der Waals surface area contributed by atoms with Gasteiger partial charge in [-0.1, -0.05) is 19.1 Å². The van der Waals surface area contributed by atoms with Crippen molar-refractivity contribution < 1.29 is 14.4 Å². The van der Waals surface area contributed by atoms with Crippen molar-refractivity contribution >= 4 is 35.0 Å². The summed E-state index contributed by atoms with van der Waals surface area (Å²) in [6.45, 7) is 3.38. The smallest absolute Gasteiger partial charge is 0.249 e. The first-order valence-corrected chi connectivity index (χ1v) is 9.55. The van der Waals surface area contributed by atoms with E-state index in [1.54, 1.807) is 0 Å². The second kappa shape index (κ2) is 8.08. The third kappa shape index (κ3) is 4.18. The number of rotatable bonds is 4. The Kier molecular flexibility index (Phi) is 5.81. The van der Waals surface area contributed by atoms with Crippen LogP contribution in [0.25, 0.3) is 0 Å². The van der Waals surface area contributed by atoms with Crippen molar-refractivity contribution in [2.75, 3.05) is 24.3 Å². The van der Waals surface area contributed by atoms with E-state index in [2.05, 4.69) is 22.8 Å². The van der Waals surface area contributed by atoms with Crippen LogP contribution in [0.1, 0.15) is 37.7 Å². The molecule has 2 fully saturated rings. The number of imide groups is 1. The number of carbonyl (C=O) groups is 3. The van der Waals surface area contributed by atoms with Crippen molar-refractivity contribution in [1.29, 1.82) is 0 Å². The van der Waals surface area contributed by atoms with Gasteiger partial charge in [-0.15, -0.1) is 11.6 Å². The Bertz CT molecular complexity index is 684. The van der Waals surface area contributed by atoms with Gasteiger partial charge in [-0.2, -0.15) is 0 Å². The number of likely N-dealkylation sites (tertiary alicyclic amines) is 1. The molecule has 2 aliphatic heterocycles. The fourth-order valence-electron chi connectivity index (χ4n) is 3.72. The topological polar surface area (TPSA) is 78.5 Å². The van der Waals surface area contributed by atoms with E-state index in [1.165, 1.54) is 5.56 Å². The lowest BCUT2D eigenvalue weighted by Gasteiger charge is -2.32. The Morgan fingerprint density at radius 1 is 1.23 bits per heavy atom. The highest BCUT2D eigenvalue weighted by molar-refractivity contribution is 6.27. The van der Waals surface area contributed by atoms with Gasteiger partial charge in [-0.25, -0.2) is 0 Å². The number of carbonyl (C=O) groups excluding carboxylic acids is 3. The Balaban J connectivity index is 1.58. The average Bonchev–Trinajstić information content (AvgIpc) is 2.64. The van der Waals surface area contributed by atoms with Crippen LogP contribution in [0.3, 0.4) is 0 Å². The van der Waals surface area contributed by atoms with Crippen molar-refractivity contribution in [2.24, 2.45) is 5.92 Å². The number of hydrogen-bond donors (Lipinski definition) is 2. The van der Waals surface area contributed by atoms with Gasteiger partial charge < -0.3 is 10.2 Å². The third-order valence-corrected chi connectivity index (χ3v) is 5.52. The molecule has 0 aliphatic carbocycles. The molecule has 7 heteroatoms. The number of amides is 3. The number of alkyl halides is 1. The fraction of sp³-hybridized carbons (Fsp3) is 0.526. The highest BCUT2D eigenvalue weighted by Crippen LogP contribution is 2.29. The monoisotopic (exact) mass is 377 g/mol. The number of benzene rings is 1. The Morgan fingerprint density at radius 2 is 1.88 bits per heavy atom. The number of piperidine rings is 2. The first kappa shape index (κ1) is 18.7. The zero-order valence-corrected chi connectivity index (χ0v) is 15.6. The summed E-state index contributed by atoms with van der Waals surface area (Å²) in [5, 5.41) is 5.61. The van der Waals surface area contributed by atoms with Gasteiger partial charge in [0.2, 0.25) is 17.7 Å². The second-order valence-electron chi connectivity index (χ2n) is 7.13. The zero-order valence-electron chi connectivity index (χ0n) is 14.8. The summed E-state index contributed by atoms with van der Waals surface area (Å²) in [4.78, 5) is 36.9. The highest BCUT2D eigenvalue weighted by atomic mass is 35.5. The van der Waals surface area contributed by atoms with E-state index in [0.29, 0.717) is 12.3 Å². The minimum atomic E-state index is -0.400. The summed E-state index contributed by atoms with van der Waals surface area (Å²) in [5.74, 6) is -0.0474. The Hall–Kier alpha value is -2.08. The molecule has 0 radical (unpaired) electrons. The summed E-state index contributed by atoms with van der Waals surface area (Å²) in [6, 6.07) is 7.69. The molecule has 140 valence electrons. The Labute approximate surface area is 158 Å². The molecule has 2 N–H and O–H groups in total. The molecule has 2 atom stereocenters. The maximum atomic E-state index is 12.0. The molecular formula is C19H24ClN3O3. The summed E-state index contributed by atoms with van der Waals surface area (Å²) in [5.41, 5.74) is 2.11. The molecule has 0 spiro atoms. The quantitative estimate of drug-likeness (QED) is 0.622. The molecule has 3 amide bonds. The molecule has 0 bridgehead atoms. The van der Waals surface area contributed by atoms with E-state index in [-0.39, 0.29) is 29.5 Å². The molecule has 26 heavy (non-hydrogen) atoms. The fourth-order valence-corrected chi connectivity index (χ4v) is 3.89. The summed E-state index contributed by atoms with van der Waals surface area (Å²) in [7, 11) is 0. The molecule has 2 heterocycles. The van der Waals surface area contributed by atoms with Crippen molar-refractivity contribution in [3.8, 4) is 0 Å². The van der Waals surface area contributed by atoms with Crippen LogP contribution in [0.5, 0.6) is 0 Å². The predicted molar refractivity (Wildman–Crippen MR) is 100 cm³/mol. The van der Waals surface area contributed by atoms with Crippen LogP contribution in [-0.4, -0.2) is 47.6 Å². The average molecular weight is 378 g/mol. The molecule has 1 aromatic rings. The van der Waals surface area contributed by atoms with Crippen molar-refractivity contribution in [3.63, 3.8) is 0 Å². The van der Waals surface area contributed by atoms with E-state index in [9.17, 15) is 14.4 Å². The molecule has 0 saturated carbocycles. The van der Waals surface area contributed by atoms with Crippen LogP contribution in [0.15, 0.2) is 24.3 Å². The number of hydrogen-bond acceptors (Lipinski definition) is 4. The van der Waals surface area contributed by atoms with E-state index >= 15 is 0 Å². The maximum Gasteiger partial charge on any atom is 0.249 e. The number of nitrogens with one attached hydrogen (secondary N) is 2. The van der Waals surface area contributed by atoms with Gasteiger partial charge in [0.25, 0.3) is 0 Å². The van der Waals surface area contributed by atoms with Crippen molar-refractivity contribution in [1.82, 2.24) is 10.2 Å². The lowest BCUT2D eigenvalue weighted by Crippen LogP contribution is -2.51. The SMILES string of the molecule is CC1CC(=O)NC(=O)C1Nc1ccc(C2CCN(C(=O)CCl)CC2)cc1. The maximum absolute atomic E-state index is 12.0.